The second-order valence-corrected chi connectivity index (χ2v) is 3.42. The van der Waals surface area contributed by atoms with E-state index in [1.54, 1.807) is 0 Å². The first kappa shape index (κ1) is 9.43. The number of anilines is 1. The highest BCUT2D eigenvalue weighted by Crippen LogP contribution is 2.27. The topological polar surface area (TPSA) is 26.0 Å². The number of hydrogen-bond donors (Lipinski definition) is 1. The van der Waals surface area contributed by atoms with Crippen LogP contribution in [0.4, 0.5) is 5.69 Å². The smallest absolute Gasteiger partial charge is 0.110 e. The van der Waals surface area contributed by atoms with E-state index in [1.807, 2.05) is 31.2 Å². The van der Waals surface area contributed by atoms with E-state index in [1.165, 1.54) is 0 Å². The molecule has 0 unspecified atom stereocenters. The predicted molar refractivity (Wildman–Crippen MR) is 55.2 cm³/mol. The Labute approximate surface area is 81.8 Å². The molecule has 0 fully saturated rings. The average Bonchev–Trinajstić information content (AvgIpc) is 2.04. The molecule has 0 bridgehead atoms. The summed E-state index contributed by atoms with van der Waals surface area (Å²) in [6, 6.07) is 7.46. The van der Waals surface area contributed by atoms with E-state index < -0.39 is 0 Å². The van der Waals surface area contributed by atoms with Crippen LogP contribution in [0.1, 0.15) is 12.5 Å². The summed E-state index contributed by atoms with van der Waals surface area (Å²) < 4.78 is 0.257. The van der Waals surface area contributed by atoms with E-state index in [0.717, 1.165) is 11.1 Å². The zero-order chi connectivity index (χ0) is 9.14. The molecule has 0 aromatic heterocycles. The van der Waals surface area contributed by atoms with Crippen molar-refractivity contribution < 1.29 is 0 Å². The Kier molecular flexibility index (Phi) is 3.01. The number of nitrogen functional groups attached to an aromatic ring is 1. The molecule has 3 heteroatoms. The molecule has 12 heavy (non-hydrogen) atoms. The summed E-state index contributed by atoms with van der Waals surface area (Å²) in [5.74, 6) is 0. The van der Waals surface area contributed by atoms with Gasteiger partial charge in [-0.05, 0) is 18.6 Å². The Morgan fingerprint density at radius 2 is 1.83 bits per heavy atom. The van der Waals surface area contributed by atoms with Crippen molar-refractivity contribution in [2.75, 3.05) is 5.73 Å². The highest BCUT2D eigenvalue weighted by atomic mass is 35.5. The van der Waals surface area contributed by atoms with Crippen molar-refractivity contribution in [1.82, 2.24) is 0 Å². The summed E-state index contributed by atoms with van der Waals surface area (Å²) in [6.45, 7) is 1.83. The Balaban J connectivity index is 3.21. The first-order chi connectivity index (χ1) is 5.63. The van der Waals surface area contributed by atoms with Crippen molar-refractivity contribution >= 4 is 34.5 Å². The Hall–Kier alpha value is -0.660. The Bertz CT molecular complexity index is 314. The lowest BCUT2D eigenvalue weighted by molar-refractivity contribution is 1.56. The molecule has 0 amide bonds. The largest absolute Gasteiger partial charge is 0.398 e. The van der Waals surface area contributed by atoms with Gasteiger partial charge in [-0.2, -0.15) is 0 Å². The van der Waals surface area contributed by atoms with Gasteiger partial charge in [0, 0.05) is 11.3 Å². The van der Waals surface area contributed by atoms with Crippen LogP contribution in [0.15, 0.2) is 28.8 Å². The van der Waals surface area contributed by atoms with Crippen molar-refractivity contribution in [3.05, 3.63) is 34.3 Å². The minimum absolute atomic E-state index is 0.257. The fourth-order valence-electron chi connectivity index (χ4n) is 0.940. The SMILES string of the molecule is CC(=C(Cl)Cl)c1ccccc1N. The van der Waals surface area contributed by atoms with E-state index in [0.29, 0.717) is 5.69 Å². The van der Waals surface area contributed by atoms with Crippen LogP contribution in [-0.4, -0.2) is 0 Å². The van der Waals surface area contributed by atoms with Crippen LogP contribution in [0.2, 0.25) is 0 Å². The molecule has 1 nitrogen and oxygen atoms in total. The lowest BCUT2D eigenvalue weighted by Gasteiger charge is -2.04. The van der Waals surface area contributed by atoms with E-state index in [2.05, 4.69) is 0 Å². The van der Waals surface area contributed by atoms with Crippen molar-refractivity contribution in [3.63, 3.8) is 0 Å². The summed E-state index contributed by atoms with van der Waals surface area (Å²) >= 11 is 11.2. The van der Waals surface area contributed by atoms with Crippen LogP contribution in [0, 0.1) is 0 Å². The van der Waals surface area contributed by atoms with Crippen molar-refractivity contribution in [3.8, 4) is 0 Å². The van der Waals surface area contributed by atoms with Crippen LogP contribution in [0.3, 0.4) is 0 Å². The first-order valence-electron chi connectivity index (χ1n) is 3.49. The fourth-order valence-corrected chi connectivity index (χ4v) is 1.14. The van der Waals surface area contributed by atoms with Gasteiger partial charge in [0.15, 0.2) is 0 Å². The quantitative estimate of drug-likeness (QED) is 0.693. The minimum atomic E-state index is 0.257. The maximum atomic E-state index is 5.71. The molecule has 0 aliphatic rings. The van der Waals surface area contributed by atoms with Crippen molar-refractivity contribution in [2.45, 2.75) is 6.92 Å². The van der Waals surface area contributed by atoms with E-state index in [-0.39, 0.29) is 4.49 Å². The van der Waals surface area contributed by atoms with Crippen LogP contribution in [-0.2, 0) is 0 Å². The van der Waals surface area contributed by atoms with Crippen LogP contribution in [0.5, 0.6) is 0 Å². The molecular formula is C9H9Cl2N. The summed E-state index contributed by atoms with van der Waals surface area (Å²) in [4.78, 5) is 0. The summed E-state index contributed by atoms with van der Waals surface area (Å²) in [7, 11) is 0. The molecule has 0 saturated heterocycles. The van der Waals surface area contributed by atoms with Gasteiger partial charge in [-0.3, -0.25) is 0 Å². The average molecular weight is 202 g/mol. The number of allylic oxidation sites excluding steroid dienone is 1. The second-order valence-electron chi connectivity index (χ2n) is 2.47. The molecule has 64 valence electrons. The first-order valence-corrected chi connectivity index (χ1v) is 4.25. The highest BCUT2D eigenvalue weighted by molar-refractivity contribution is 6.58. The monoisotopic (exact) mass is 201 g/mol. The van der Waals surface area contributed by atoms with Gasteiger partial charge < -0.3 is 5.73 Å². The van der Waals surface area contributed by atoms with E-state index >= 15 is 0 Å². The molecule has 1 rings (SSSR count). The number of hydrogen-bond acceptors (Lipinski definition) is 1. The number of halogens is 2. The highest BCUT2D eigenvalue weighted by Gasteiger charge is 2.02. The number of rotatable bonds is 1. The molecule has 0 saturated carbocycles. The normalized spacial score (nSPS) is 9.58. The van der Waals surface area contributed by atoms with Gasteiger partial charge in [-0.15, -0.1) is 0 Å². The predicted octanol–water partition coefficient (Wildman–Crippen LogP) is 3.43. The minimum Gasteiger partial charge on any atom is -0.398 e. The molecular weight excluding hydrogens is 193 g/mol. The molecule has 1 aromatic rings. The maximum Gasteiger partial charge on any atom is 0.110 e. The zero-order valence-corrected chi connectivity index (χ0v) is 8.15. The van der Waals surface area contributed by atoms with Crippen LogP contribution >= 0.6 is 23.2 Å². The third kappa shape index (κ3) is 1.93. The number of para-hydroxylation sites is 1. The molecule has 0 aliphatic carbocycles. The zero-order valence-electron chi connectivity index (χ0n) is 6.64. The van der Waals surface area contributed by atoms with E-state index in [9.17, 15) is 0 Å². The lowest BCUT2D eigenvalue weighted by Crippen LogP contribution is -1.91. The third-order valence-electron chi connectivity index (χ3n) is 1.65. The Morgan fingerprint density at radius 3 is 2.33 bits per heavy atom. The van der Waals surface area contributed by atoms with Gasteiger partial charge in [0.1, 0.15) is 4.49 Å². The fraction of sp³-hybridized carbons (Fsp3) is 0.111. The van der Waals surface area contributed by atoms with Gasteiger partial charge in [0.05, 0.1) is 0 Å². The van der Waals surface area contributed by atoms with Gasteiger partial charge in [0.2, 0.25) is 0 Å². The molecule has 1 aromatic carbocycles. The van der Waals surface area contributed by atoms with Gasteiger partial charge in [0.25, 0.3) is 0 Å². The van der Waals surface area contributed by atoms with Crippen molar-refractivity contribution in [2.24, 2.45) is 0 Å². The molecule has 0 heterocycles. The van der Waals surface area contributed by atoms with Crippen LogP contribution in [0.25, 0.3) is 5.57 Å². The van der Waals surface area contributed by atoms with E-state index in [4.69, 9.17) is 28.9 Å². The number of benzene rings is 1. The Morgan fingerprint density at radius 1 is 1.25 bits per heavy atom. The van der Waals surface area contributed by atoms with Gasteiger partial charge in [-0.25, -0.2) is 0 Å². The summed E-state index contributed by atoms with van der Waals surface area (Å²) in [5, 5.41) is 0. The van der Waals surface area contributed by atoms with Crippen molar-refractivity contribution in [1.29, 1.82) is 0 Å². The molecule has 0 radical (unpaired) electrons. The maximum absolute atomic E-state index is 5.71. The standard InChI is InChI=1S/C9H9Cl2N/c1-6(9(10)11)7-4-2-3-5-8(7)12/h2-5H,12H2,1H3. The summed E-state index contributed by atoms with van der Waals surface area (Å²) in [6.07, 6.45) is 0. The van der Waals surface area contributed by atoms with Gasteiger partial charge >= 0.3 is 0 Å². The molecule has 0 atom stereocenters. The third-order valence-corrected chi connectivity index (χ3v) is 2.22. The second kappa shape index (κ2) is 3.83. The summed E-state index contributed by atoms with van der Waals surface area (Å²) in [5.41, 5.74) is 8.09. The molecule has 2 N–H and O–H groups in total. The van der Waals surface area contributed by atoms with Crippen LogP contribution < -0.4 is 5.73 Å². The van der Waals surface area contributed by atoms with Gasteiger partial charge in [-0.1, -0.05) is 41.4 Å². The molecule has 0 spiro atoms. The number of nitrogens with two attached hydrogens (primary N) is 1. The molecule has 0 aliphatic heterocycles. The lowest BCUT2D eigenvalue weighted by atomic mass is 10.1.